The van der Waals surface area contributed by atoms with Crippen molar-refractivity contribution in [3.05, 3.63) is 59.7 Å². The van der Waals surface area contributed by atoms with Crippen LogP contribution in [0.2, 0.25) is 0 Å². The first kappa shape index (κ1) is 27.0. The summed E-state index contributed by atoms with van der Waals surface area (Å²) in [6.45, 7) is 12.4. The lowest BCUT2D eigenvalue weighted by molar-refractivity contribution is -0.118. The highest BCUT2D eigenvalue weighted by molar-refractivity contribution is 6.02. The van der Waals surface area contributed by atoms with E-state index >= 15 is 0 Å². The molecule has 3 rings (SSSR count). The summed E-state index contributed by atoms with van der Waals surface area (Å²) in [7, 11) is 1.78. The Bertz CT molecular complexity index is 1070. The van der Waals surface area contributed by atoms with E-state index in [0.717, 1.165) is 11.3 Å². The van der Waals surface area contributed by atoms with Crippen molar-refractivity contribution in [1.29, 1.82) is 0 Å². The van der Waals surface area contributed by atoms with Crippen LogP contribution in [-0.4, -0.2) is 66.4 Å². The molecule has 8 heteroatoms. The average Bonchev–Trinajstić information content (AvgIpc) is 2.83. The Kier molecular flexibility index (Phi) is 8.61. The minimum absolute atomic E-state index is 0.0761. The van der Waals surface area contributed by atoms with Gasteiger partial charge in [-0.05, 0) is 44.5 Å². The molecule has 1 aliphatic heterocycles. The lowest BCUT2D eigenvalue weighted by Gasteiger charge is -2.38. The largest absolute Gasteiger partial charge is 0.367 e. The average molecular weight is 494 g/mol. The molecule has 0 spiro atoms. The van der Waals surface area contributed by atoms with Crippen molar-refractivity contribution in [2.24, 2.45) is 5.92 Å². The highest BCUT2D eigenvalue weighted by Crippen LogP contribution is 2.28. The van der Waals surface area contributed by atoms with E-state index in [2.05, 4.69) is 15.5 Å². The number of piperazine rings is 1. The van der Waals surface area contributed by atoms with Gasteiger partial charge in [-0.3, -0.25) is 9.59 Å². The van der Waals surface area contributed by atoms with Gasteiger partial charge in [-0.2, -0.15) is 0 Å². The molecule has 2 aromatic rings. The van der Waals surface area contributed by atoms with Crippen LogP contribution < -0.4 is 15.5 Å². The van der Waals surface area contributed by atoms with Crippen LogP contribution in [0.5, 0.6) is 0 Å². The van der Waals surface area contributed by atoms with Gasteiger partial charge >= 0.3 is 6.03 Å². The van der Waals surface area contributed by atoms with Gasteiger partial charge in [-0.1, -0.05) is 44.2 Å². The molecule has 0 aromatic heterocycles. The molecule has 4 amide bonds. The number of hydrogen-bond acceptors (Lipinski definition) is 4. The fourth-order valence-electron chi connectivity index (χ4n) is 4.03. The van der Waals surface area contributed by atoms with Crippen LogP contribution in [0.4, 0.5) is 16.2 Å². The molecular formula is C28H39N5O3. The van der Waals surface area contributed by atoms with Crippen molar-refractivity contribution in [3.8, 4) is 0 Å². The maximum absolute atomic E-state index is 13.6. The van der Waals surface area contributed by atoms with E-state index in [4.69, 9.17) is 0 Å². The number of carbonyl (C=O) groups is 3. The monoisotopic (exact) mass is 493 g/mol. The minimum atomic E-state index is -0.298. The molecule has 1 aliphatic rings. The molecule has 2 N–H and O–H groups in total. The molecule has 0 saturated carbocycles. The third-order valence-electron chi connectivity index (χ3n) is 6.02. The summed E-state index contributed by atoms with van der Waals surface area (Å²) in [5.74, 6) is -0.392. The van der Waals surface area contributed by atoms with E-state index in [1.165, 1.54) is 0 Å². The summed E-state index contributed by atoms with van der Waals surface area (Å²) in [5, 5.41) is 5.92. The molecule has 1 heterocycles. The van der Waals surface area contributed by atoms with Crippen molar-refractivity contribution in [2.45, 2.75) is 46.7 Å². The Morgan fingerprint density at radius 2 is 1.61 bits per heavy atom. The van der Waals surface area contributed by atoms with Crippen LogP contribution in [0.25, 0.3) is 0 Å². The number of benzene rings is 2. The summed E-state index contributed by atoms with van der Waals surface area (Å²) in [6.07, 6.45) is 0. The van der Waals surface area contributed by atoms with Gasteiger partial charge in [0.15, 0.2) is 0 Å². The highest BCUT2D eigenvalue weighted by atomic mass is 16.2. The summed E-state index contributed by atoms with van der Waals surface area (Å²) >= 11 is 0. The number of anilines is 2. The maximum atomic E-state index is 13.6. The van der Waals surface area contributed by atoms with Gasteiger partial charge in [0, 0.05) is 62.6 Å². The second-order valence-corrected chi connectivity index (χ2v) is 10.7. The zero-order chi connectivity index (χ0) is 26.5. The molecule has 36 heavy (non-hydrogen) atoms. The SMILES string of the molecule is CC(C)C(=O)Nc1ccc(N2CCN(C(=O)NC(C)(C)C)CC2)c(C(=O)N(C)Cc2ccccc2)c1. The van der Waals surface area contributed by atoms with Gasteiger partial charge in [-0.15, -0.1) is 0 Å². The number of urea groups is 1. The first-order valence-electron chi connectivity index (χ1n) is 12.5. The predicted octanol–water partition coefficient (Wildman–Crippen LogP) is 4.18. The Balaban J connectivity index is 1.82. The third-order valence-corrected chi connectivity index (χ3v) is 6.02. The van der Waals surface area contributed by atoms with E-state index < -0.39 is 0 Å². The van der Waals surface area contributed by atoms with Gasteiger partial charge in [0.25, 0.3) is 5.91 Å². The van der Waals surface area contributed by atoms with Crippen LogP contribution in [0, 0.1) is 5.92 Å². The lowest BCUT2D eigenvalue weighted by Crippen LogP contribution is -2.55. The summed E-state index contributed by atoms with van der Waals surface area (Å²) in [4.78, 5) is 44.1. The molecule has 194 valence electrons. The fourth-order valence-corrected chi connectivity index (χ4v) is 4.03. The standard InChI is InChI=1S/C28H39N5O3/c1-20(2)25(34)29-22-12-13-24(32-14-16-33(17-15-32)27(36)30-28(3,4)5)23(18-22)26(35)31(6)19-21-10-8-7-9-11-21/h7-13,18,20H,14-17,19H2,1-6H3,(H,29,34)(H,30,36). The minimum Gasteiger partial charge on any atom is -0.367 e. The Morgan fingerprint density at radius 1 is 0.972 bits per heavy atom. The number of rotatable bonds is 6. The normalized spacial score (nSPS) is 14.0. The van der Waals surface area contributed by atoms with Crippen molar-refractivity contribution in [2.75, 3.05) is 43.4 Å². The van der Waals surface area contributed by atoms with Crippen molar-refractivity contribution >= 4 is 29.2 Å². The molecule has 1 fully saturated rings. The molecule has 0 atom stereocenters. The lowest BCUT2D eigenvalue weighted by atomic mass is 10.1. The number of carbonyl (C=O) groups excluding carboxylic acids is 3. The molecule has 0 unspecified atom stereocenters. The van der Waals surface area contributed by atoms with E-state index in [1.807, 2.05) is 82.0 Å². The van der Waals surface area contributed by atoms with Crippen molar-refractivity contribution < 1.29 is 14.4 Å². The van der Waals surface area contributed by atoms with E-state index in [-0.39, 0.29) is 29.3 Å². The number of hydrogen-bond donors (Lipinski definition) is 2. The van der Waals surface area contributed by atoms with Gasteiger partial charge in [0.1, 0.15) is 0 Å². The predicted molar refractivity (Wildman–Crippen MR) is 144 cm³/mol. The van der Waals surface area contributed by atoms with Gasteiger partial charge < -0.3 is 25.3 Å². The maximum Gasteiger partial charge on any atom is 0.317 e. The molecule has 8 nitrogen and oxygen atoms in total. The van der Waals surface area contributed by atoms with Crippen LogP contribution in [0.1, 0.15) is 50.5 Å². The second kappa shape index (κ2) is 11.5. The number of amides is 4. The molecule has 0 radical (unpaired) electrons. The Labute approximate surface area is 214 Å². The van der Waals surface area contributed by atoms with Crippen LogP contribution in [-0.2, 0) is 11.3 Å². The fraction of sp³-hybridized carbons (Fsp3) is 0.464. The zero-order valence-electron chi connectivity index (χ0n) is 22.3. The van der Waals surface area contributed by atoms with E-state index in [1.54, 1.807) is 18.0 Å². The Morgan fingerprint density at radius 3 is 2.19 bits per heavy atom. The first-order valence-corrected chi connectivity index (χ1v) is 12.5. The number of nitrogens with one attached hydrogen (secondary N) is 2. The summed E-state index contributed by atoms with van der Waals surface area (Å²) in [5.41, 5.74) is 2.67. The van der Waals surface area contributed by atoms with Gasteiger partial charge in [0.2, 0.25) is 5.91 Å². The molecular weight excluding hydrogens is 454 g/mol. The van der Waals surface area contributed by atoms with Gasteiger partial charge in [-0.25, -0.2) is 4.79 Å². The first-order chi connectivity index (χ1) is 16.9. The quantitative estimate of drug-likeness (QED) is 0.632. The third kappa shape index (κ3) is 7.23. The molecule has 1 saturated heterocycles. The highest BCUT2D eigenvalue weighted by Gasteiger charge is 2.27. The van der Waals surface area contributed by atoms with Crippen LogP contribution in [0.3, 0.4) is 0 Å². The molecule has 0 bridgehead atoms. The topological polar surface area (TPSA) is 85.0 Å². The summed E-state index contributed by atoms with van der Waals surface area (Å²) in [6, 6.07) is 15.3. The van der Waals surface area contributed by atoms with Crippen molar-refractivity contribution in [1.82, 2.24) is 15.1 Å². The summed E-state index contributed by atoms with van der Waals surface area (Å²) < 4.78 is 0. The smallest absolute Gasteiger partial charge is 0.317 e. The van der Waals surface area contributed by atoms with Crippen LogP contribution in [0.15, 0.2) is 48.5 Å². The van der Waals surface area contributed by atoms with Crippen LogP contribution >= 0.6 is 0 Å². The van der Waals surface area contributed by atoms with E-state index in [9.17, 15) is 14.4 Å². The van der Waals surface area contributed by atoms with E-state index in [0.29, 0.717) is 44.0 Å². The number of nitrogens with zero attached hydrogens (tertiary/aromatic N) is 3. The second-order valence-electron chi connectivity index (χ2n) is 10.7. The van der Waals surface area contributed by atoms with Gasteiger partial charge in [0.05, 0.1) is 5.56 Å². The van der Waals surface area contributed by atoms with Crippen molar-refractivity contribution in [3.63, 3.8) is 0 Å². The molecule has 2 aromatic carbocycles. The Hall–Kier alpha value is -3.55. The zero-order valence-corrected chi connectivity index (χ0v) is 22.3. The molecule has 0 aliphatic carbocycles.